The highest BCUT2D eigenvalue weighted by Gasteiger charge is 2.16. The molecule has 0 aromatic rings. The molecule has 1 amide bonds. The van der Waals surface area contributed by atoms with E-state index in [4.69, 9.17) is 18.9 Å². The SMILES string of the molecule is C1CCCC1.C1CCCNCC1.C1CCNCC1.C1CCNCC1.C1CCNCC1.C1CCOC1.C1CCOCC1.C1COCCN1.C1CSCCN1.O=C1CCCCC1.O=C1CCCCNC1.O=C1CCCN1.O=C1CCCNC1.O=C1CCCOC1.O=S1(=O)CCCCC1.O=S1(=O)CCNCC1.O=S1CCCCC1.O=S1CCNCC1. The van der Waals surface area contributed by atoms with Gasteiger partial charge in [-0.05, 0) is 220 Å². The van der Waals surface area contributed by atoms with Crippen molar-refractivity contribution >= 4 is 82.1 Å². The van der Waals surface area contributed by atoms with Crippen molar-refractivity contribution in [2.75, 3.05) is 248 Å². The second-order valence-electron chi connectivity index (χ2n) is 31.9. The number of nitrogens with one attached hydrogen (secondary N) is 11. The fourth-order valence-electron chi connectivity index (χ4n) is 13.3. The molecule has 2 aliphatic carbocycles. The van der Waals surface area contributed by atoms with Gasteiger partial charge in [0.05, 0.1) is 49.3 Å². The third-order valence-corrected chi connectivity index (χ3v) is 27.9. The van der Waals surface area contributed by atoms with Gasteiger partial charge in [0.15, 0.2) is 15.6 Å². The smallest absolute Gasteiger partial charge is 0.220 e. The maximum atomic E-state index is 10.7. The normalized spacial score (nSPS) is 24.1. The van der Waals surface area contributed by atoms with Crippen LogP contribution in [0.15, 0.2) is 0 Å². The molecule has 0 unspecified atom stereocenters. The van der Waals surface area contributed by atoms with Crippen molar-refractivity contribution in [3.8, 4) is 0 Å². The predicted molar refractivity (Wildman–Crippen MR) is 494 cm³/mol. The summed E-state index contributed by atoms with van der Waals surface area (Å²) < 4.78 is 83.5. The summed E-state index contributed by atoms with van der Waals surface area (Å²) in [6, 6.07) is 0. The van der Waals surface area contributed by atoms with Gasteiger partial charge in [-0.15, -0.1) is 0 Å². The molecule has 11 N–H and O–H groups in total. The second-order valence-corrected chi connectivity index (χ2v) is 41.2. The molecule has 0 aromatic carbocycles. The van der Waals surface area contributed by atoms with E-state index >= 15 is 0 Å². The summed E-state index contributed by atoms with van der Waals surface area (Å²) in [5, 5.41) is 34.4. The van der Waals surface area contributed by atoms with Gasteiger partial charge in [0.2, 0.25) is 5.91 Å². The Balaban J connectivity index is 0.000000625. The van der Waals surface area contributed by atoms with Crippen LogP contribution in [0, 0.1) is 0 Å². The van der Waals surface area contributed by atoms with Crippen molar-refractivity contribution in [3.63, 3.8) is 0 Å². The van der Waals surface area contributed by atoms with Gasteiger partial charge in [0.1, 0.15) is 33.8 Å². The van der Waals surface area contributed by atoms with E-state index in [2.05, 4.69) is 58.5 Å². The number of thioether (sulfide) groups is 1. The molecule has 0 radical (unpaired) electrons. The molecule has 0 atom stereocenters. The molecule has 0 bridgehead atoms. The van der Waals surface area contributed by atoms with Gasteiger partial charge in [-0.1, -0.05) is 83.5 Å². The van der Waals surface area contributed by atoms with Gasteiger partial charge in [-0.2, -0.15) is 11.8 Å². The summed E-state index contributed by atoms with van der Waals surface area (Å²) in [5.74, 6) is 9.32. The van der Waals surface area contributed by atoms with E-state index in [1.54, 1.807) is 0 Å². The average molecular weight is 1780 g/mol. The zero-order valence-corrected chi connectivity index (χ0v) is 78.2. The maximum Gasteiger partial charge on any atom is 0.220 e. The van der Waals surface area contributed by atoms with Gasteiger partial charge in [0, 0.05) is 187 Å². The lowest BCUT2D eigenvalue weighted by Gasteiger charge is -2.10. The summed E-state index contributed by atoms with van der Waals surface area (Å²) >= 11 is 2.03. The number of hydrogen-bond acceptors (Lipinski definition) is 26. The van der Waals surface area contributed by atoms with Gasteiger partial charge in [-0.25, -0.2) is 16.8 Å². The number of rotatable bonds is 0. The van der Waals surface area contributed by atoms with Crippen LogP contribution in [0.4, 0.5) is 0 Å². The molecule has 26 nitrogen and oxygen atoms in total. The largest absolute Gasteiger partial charge is 0.381 e. The highest BCUT2D eigenvalue weighted by atomic mass is 32.2. The first-order chi connectivity index (χ1) is 57.7. The van der Waals surface area contributed by atoms with E-state index < -0.39 is 41.3 Å². The Kier molecular flexibility index (Phi) is 87.0. The number of morpholine rings is 1. The third kappa shape index (κ3) is 90.4. The molecule has 118 heavy (non-hydrogen) atoms. The zero-order valence-electron chi connectivity index (χ0n) is 74.1. The Morgan fingerprint density at radius 3 is 0.814 bits per heavy atom. The minimum Gasteiger partial charge on any atom is -0.381 e. The first-order valence-electron chi connectivity index (χ1n) is 47.1. The number of amides is 1. The standard InChI is InChI=1S/C6H11NO.C6H13N.C6H10O.C5H9NO.3C5H11N.C5H10O2S.C5H8O2.C5H10OS.C5H10O.C5H10.C4H9NO2S.C4H9NOS.C4H9NO.C4H7NO.C4H9NS.C4H8O/c8-6-3-1-2-4-7-5-6;1-2-4-6-7-5-3-1;7-6-4-2-1-3-5-6;7-5-2-1-3-6-4-5;3*1-2-4-6-5-3-1;6-8(7)4-2-1-3-5-8;6-5-2-1-3-7-4-5;6-7-4-2-1-3-5-7;1-2-4-6-5-3-1;1-2-4-5-3-1;6-8(7)3-1-5-2-4-8;6-7-3-1-5-2-4-7;1-3-6-4-2-5-1;6-4-2-1-3-5-4;1-3-6-4-2-5-1;1-2-4-5-3-1/h7H,1-5H2;7H,1-6H2;1-5H2;6H,1-4H2;3*6H,1-5H2;1-5H2;1-4H2;1-5H2;1-5H2;1-5H2;5H,1-4H2;5H,1-4H2;5H,1-4H2;1-3H2,(H,5,6);5H,1-4H2;1-4H2. The summed E-state index contributed by atoms with van der Waals surface area (Å²) in [6.07, 6.45) is 52.3. The lowest BCUT2D eigenvalue weighted by molar-refractivity contribution is -0.127. The molecule has 16 heterocycles. The topological polar surface area (TPSA) is 357 Å². The number of carbonyl (C=O) groups excluding carboxylic acids is 5. The van der Waals surface area contributed by atoms with Crippen LogP contribution in [-0.4, -0.2) is 302 Å². The highest BCUT2D eigenvalue weighted by molar-refractivity contribution is 7.99. The van der Waals surface area contributed by atoms with Crippen molar-refractivity contribution in [2.45, 2.75) is 276 Å². The van der Waals surface area contributed by atoms with Crippen LogP contribution < -0.4 is 58.5 Å². The number of ketones is 4. The Morgan fingerprint density at radius 1 is 0.237 bits per heavy atom. The summed E-state index contributed by atoms with van der Waals surface area (Å²) in [5.41, 5.74) is 0. The maximum absolute atomic E-state index is 10.7. The minimum absolute atomic E-state index is 0.204. The summed E-state index contributed by atoms with van der Waals surface area (Å²) in [4.78, 5) is 52.0. The van der Waals surface area contributed by atoms with Gasteiger partial charge >= 0.3 is 0 Å². The number of ether oxygens (including phenoxy) is 4. The van der Waals surface area contributed by atoms with E-state index in [0.717, 1.165) is 218 Å². The Morgan fingerprint density at radius 2 is 0.551 bits per heavy atom. The lowest BCUT2D eigenvalue weighted by atomic mass is 10.00. The number of hydrogen-bond donors (Lipinski definition) is 11. The number of piperidine rings is 4. The average Bonchev–Trinajstić information content (AvgIpc) is 1.30. The van der Waals surface area contributed by atoms with Crippen molar-refractivity contribution in [1.29, 1.82) is 0 Å². The van der Waals surface area contributed by atoms with Crippen molar-refractivity contribution in [3.05, 3.63) is 0 Å². The Labute approximate surface area is 728 Å². The molecule has 2 saturated carbocycles. The van der Waals surface area contributed by atoms with E-state index in [-0.39, 0.29) is 11.7 Å². The summed E-state index contributed by atoms with van der Waals surface area (Å²) in [6.45, 7) is 28.6. The Bertz CT molecular complexity index is 2090. The fraction of sp³-hybridized carbons (Fsp3) is 0.943. The number of carbonyl (C=O) groups is 5. The van der Waals surface area contributed by atoms with Crippen molar-refractivity contribution in [2.24, 2.45) is 0 Å². The Hall–Kier alpha value is -1.86. The van der Waals surface area contributed by atoms with Crippen LogP contribution in [0.5, 0.6) is 0 Å². The second kappa shape index (κ2) is 89.9. The monoisotopic (exact) mass is 1770 g/mol. The van der Waals surface area contributed by atoms with Crippen LogP contribution in [0.25, 0.3) is 0 Å². The van der Waals surface area contributed by atoms with E-state index in [1.807, 2.05) is 11.8 Å². The van der Waals surface area contributed by atoms with Gasteiger partial charge in [-0.3, -0.25) is 32.4 Å². The molecule has 16 saturated heterocycles. The van der Waals surface area contributed by atoms with Crippen LogP contribution in [0.3, 0.4) is 0 Å². The van der Waals surface area contributed by atoms with Gasteiger partial charge < -0.3 is 77.4 Å². The number of Topliss-reactive ketones (excluding diaryl/α,β-unsaturated/α-hetero) is 4. The van der Waals surface area contributed by atoms with Gasteiger partial charge in [0.25, 0.3) is 0 Å². The molecular weight excluding hydrogens is 1600 g/mol. The zero-order chi connectivity index (χ0) is 85.3. The first kappa shape index (κ1) is 114. The van der Waals surface area contributed by atoms with Crippen LogP contribution in [0.1, 0.15) is 276 Å². The highest BCUT2D eigenvalue weighted by Crippen LogP contribution is 2.16. The predicted octanol–water partition coefficient (Wildman–Crippen LogP) is 9.19. The molecule has 31 heteroatoms. The van der Waals surface area contributed by atoms with Crippen LogP contribution in [-0.2, 0) is 84.2 Å². The molecular formula is C87H175N11O15S5. The summed E-state index contributed by atoms with van der Waals surface area (Å²) in [7, 11) is -6.17. The minimum atomic E-state index is -2.65. The third-order valence-electron chi connectivity index (χ3n) is 20.6. The van der Waals surface area contributed by atoms with Crippen LogP contribution in [0.2, 0.25) is 0 Å². The lowest BCUT2D eigenvalue weighted by Crippen LogP contribution is -2.35. The van der Waals surface area contributed by atoms with E-state index in [1.165, 1.54) is 250 Å². The molecule has 0 spiro atoms. The number of sulfone groups is 2. The fourth-order valence-corrected chi connectivity index (χ4v) is 18.9. The molecule has 698 valence electrons. The van der Waals surface area contributed by atoms with Crippen molar-refractivity contribution in [1.82, 2.24) is 58.5 Å². The van der Waals surface area contributed by atoms with E-state index in [0.29, 0.717) is 73.1 Å². The quantitative estimate of drug-likeness (QED) is 0.108. The molecule has 0 aromatic heterocycles. The molecule has 18 aliphatic rings. The molecule has 16 aliphatic heterocycles. The molecule has 18 fully saturated rings. The van der Waals surface area contributed by atoms with Crippen molar-refractivity contribution < 1.29 is 68.2 Å². The molecule has 18 rings (SSSR count). The van der Waals surface area contributed by atoms with E-state index in [9.17, 15) is 49.2 Å². The first-order valence-corrected chi connectivity index (χ1v) is 54.8. The van der Waals surface area contributed by atoms with Crippen LogP contribution >= 0.6 is 11.8 Å².